The maximum absolute atomic E-state index is 12.6. The number of aryl methyl sites for hydroxylation is 1. The maximum atomic E-state index is 12.6. The van der Waals surface area contributed by atoms with Gasteiger partial charge in [0.2, 0.25) is 12.7 Å². The number of anilines is 1. The number of rotatable bonds is 6. The molecule has 1 N–H and O–H groups in total. The molecule has 1 aromatic carbocycles. The van der Waals surface area contributed by atoms with E-state index < -0.39 is 0 Å². The van der Waals surface area contributed by atoms with Gasteiger partial charge >= 0.3 is 5.97 Å². The van der Waals surface area contributed by atoms with Crippen molar-refractivity contribution in [2.24, 2.45) is 0 Å². The lowest BCUT2D eigenvalue weighted by atomic mass is 9.95. The molecular weight excluding hydrogens is 392 g/mol. The first-order chi connectivity index (χ1) is 14.0. The van der Waals surface area contributed by atoms with E-state index in [9.17, 15) is 9.59 Å². The van der Waals surface area contributed by atoms with Crippen LogP contribution in [0.2, 0.25) is 0 Å². The summed E-state index contributed by atoms with van der Waals surface area (Å²) in [5.74, 6) is 0.934. The summed E-state index contributed by atoms with van der Waals surface area (Å²) in [7, 11) is 3.25. The molecule has 2 heterocycles. The zero-order chi connectivity index (χ0) is 20.4. The summed E-state index contributed by atoms with van der Waals surface area (Å²) in [6, 6.07) is 5.77. The van der Waals surface area contributed by atoms with Crippen molar-refractivity contribution < 1.29 is 23.8 Å². The van der Waals surface area contributed by atoms with Crippen LogP contribution in [0.15, 0.2) is 18.2 Å². The number of hydrogen-bond donors (Lipinski definition) is 1. The first-order valence-electron chi connectivity index (χ1n) is 9.65. The molecule has 2 aromatic rings. The molecule has 1 aromatic heterocycles. The smallest absolute Gasteiger partial charge is 0.341 e. The molecule has 2 aliphatic rings. The minimum absolute atomic E-state index is 0.156. The summed E-state index contributed by atoms with van der Waals surface area (Å²) in [5, 5.41) is 3.54. The van der Waals surface area contributed by atoms with Crippen molar-refractivity contribution in [2.45, 2.75) is 32.2 Å². The summed E-state index contributed by atoms with van der Waals surface area (Å²) in [4.78, 5) is 28.0. The number of esters is 1. The Labute approximate surface area is 173 Å². The van der Waals surface area contributed by atoms with Gasteiger partial charge in [-0.1, -0.05) is 6.07 Å². The molecule has 0 saturated carbocycles. The number of ether oxygens (including phenoxy) is 3. The van der Waals surface area contributed by atoms with Gasteiger partial charge in [0, 0.05) is 11.4 Å². The Balaban J connectivity index is 1.41. The predicted octanol–water partition coefficient (Wildman–Crippen LogP) is 3.21. The molecule has 0 fully saturated rings. The monoisotopic (exact) mass is 416 g/mol. The van der Waals surface area contributed by atoms with E-state index >= 15 is 0 Å². The molecule has 0 radical (unpaired) electrons. The number of amides is 1. The molecular formula is C21H24N2O5S. The van der Waals surface area contributed by atoms with Gasteiger partial charge in [0.1, 0.15) is 5.00 Å². The van der Waals surface area contributed by atoms with Gasteiger partial charge in [-0.2, -0.15) is 0 Å². The van der Waals surface area contributed by atoms with Gasteiger partial charge in [-0.15, -0.1) is 11.3 Å². The molecule has 0 saturated heterocycles. The van der Waals surface area contributed by atoms with E-state index in [-0.39, 0.29) is 25.2 Å². The van der Waals surface area contributed by atoms with Crippen LogP contribution in [0, 0.1) is 0 Å². The second-order valence-electron chi connectivity index (χ2n) is 7.31. The van der Waals surface area contributed by atoms with Gasteiger partial charge in [-0.3, -0.25) is 9.69 Å². The van der Waals surface area contributed by atoms with Gasteiger partial charge in [-0.25, -0.2) is 4.79 Å². The maximum Gasteiger partial charge on any atom is 0.341 e. The number of carbonyl (C=O) groups excluding carboxylic acids is 2. The standard InChI is InChI=1S/C21H24N2O5S/c1-23(10-13-7-8-15-16(9-13)28-12-27-15)11-18(24)22-20-19(21(25)26-2)14-5-3-4-6-17(14)29-20/h7-9H,3-6,10-12H2,1-2H3,(H,22,24). The fourth-order valence-corrected chi connectivity index (χ4v) is 5.08. The number of nitrogens with one attached hydrogen (secondary N) is 1. The third-order valence-corrected chi connectivity index (χ3v) is 6.32. The third-order valence-electron chi connectivity index (χ3n) is 5.12. The van der Waals surface area contributed by atoms with Crippen LogP contribution in [-0.4, -0.2) is 44.3 Å². The van der Waals surface area contributed by atoms with E-state index in [1.165, 1.54) is 23.3 Å². The molecule has 154 valence electrons. The first kappa shape index (κ1) is 19.7. The quantitative estimate of drug-likeness (QED) is 0.729. The van der Waals surface area contributed by atoms with E-state index in [1.807, 2.05) is 30.1 Å². The topological polar surface area (TPSA) is 77.1 Å². The van der Waals surface area contributed by atoms with E-state index in [2.05, 4.69) is 5.32 Å². The molecule has 7 nitrogen and oxygen atoms in total. The van der Waals surface area contributed by atoms with Crippen molar-refractivity contribution >= 4 is 28.2 Å². The summed E-state index contributed by atoms with van der Waals surface area (Å²) < 4.78 is 15.7. The number of likely N-dealkylation sites (N-methyl/N-ethyl adjacent to an activating group) is 1. The van der Waals surface area contributed by atoms with Gasteiger partial charge in [0.25, 0.3) is 0 Å². The summed E-state index contributed by atoms with van der Waals surface area (Å²) in [5.41, 5.74) is 2.60. The lowest BCUT2D eigenvalue weighted by Gasteiger charge is -2.16. The Kier molecular flexibility index (Phi) is 5.73. The second-order valence-corrected chi connectivity index (χ2v) is 8.42. The molecule has 8 heteroatoms. The van der Waals surface area contributed by atoms with Gasteiger partial charge in [0.15, 0.2) is 11.5 Å². The summed E-state index contributed by atoms with van der Waals surface area (Å²) in [6.45, 7) is 1.04. The van der Waals surface area contributed by atoms with E-state index in [4.69, 9.17) is 14.2 Å². The molecule has 0 atom stereocenters. The number of fused-ring (bicyclic) bond motifs is 2. The Morgan fingerprint density at radius 3 is 2.83 bits per heavy atom. The number of nitrogens with zero attached hydrogens (tertiary/aromatic N) is 1. The Hall–Kier alpha value is -2.58. The Morgan fingerprint density at radius 2 is 2.00 bits per heavy atom. The van der Waals surface area contributed by atoms with Crippen LogP contribution in [0.5, 0.6) is 11.5 Å². The van der Waals surface area contributed by atoms with Crippen LogP contribution < -0.4 is 14.8 Å². The van der Waals surface area contributed by atoms with Crippen molar-refractivity contribution in [3.8, 4) is 11.5 Å². The number of benzene rings is 1. The van der Waals surface area contributed by atoms with Crippen LogP contribution in [0.1, 0.15) is 39.2 Å². The summed E-state index contributed by atoms with van der Waals surface area (Å²) >= 11 is 1.50. The van der Waals surface area contributed by atoms with Crippen molar-refractivity contribution in [3.63, 3.8) is 0 Å². The minimum atomic E-state index is -0.381. The van der Waals surface area contributed by atoms with Crippen LogP contribution in [0.3, 0.4) is 0 Å². The highest BCUT2D eigenvalue weighted by atomic mass is 32.1. The largest absolute Gasteiger partial charge is 0.465 e. The number of thiophene rings is 1. The van der Waals surface area contributed by atoms with Gasteiger partial charge < -0.3 is 19.5 Å². The zero-order valence-electron chi connectivity index (χ0n) is 16.6. The average molecular weight is 416 g/mol. The molecule has 0 bridgehead atoms. The molecule has 4 rings (SSSR count). The second kappa shape index (κ2) is 8.42. The van der Waals surface area contributed by atoms with Gasteiger partial charge in [-0.05, 0) is 56.0 Å². The molecule has 1 aliphatic carbocycles. The predicted molar refractivity (Wildman–Crippen MR) is 110 cm³/mol. The minimum Gasteiger partial charge on any atom is -0.465 e. The number of carbonyl (C=O) groups is 2. The fourth-order valence-electron chi connectivity index (χ4n) is 3.79. The SMILES string of the molecule is COC(=O)c1c(NC(=O)CN(C)Cc2ccc3c(c2)OCO3)sc2c1CCCC2. The van der Waals surface area contributed by atoms with E-state index in [0.29, 0.717) is 17.1 Å². The van der Waals surface area contributed by atoms with Crippen molar-refractivity contribution in [3.05, 3.63) is 39.8 Å². The fraction of sp³-hybridized carbons (Fsp3) is 0.429. The summed E-state index contributed by atoms with van der Waals surface area (Å²) in [6.07, 6.45) is 3.97. The molecule has 1 amide bonds. The van der Waals surface area contributed by atoms with E-state index in [1.54, 1.807) is 0 Å². The van der Waals surface area contributed by atoms with Crippen molar-refractivity contribution in [1.29, 1.82) is 0 Å². The first-order valence-corrected chi connectivity index (χ1v) is 10.5. The lowest BCUT2D eigenvalue weighted by molar-refractivity contribution is -0.117. The normalized spacial score (nSPS) is 14.6. The van der Waals surface area contributed by atoms with Crippen LogP contribution in [0.4, 0.5) is 5.00 Å². The molecule has 0 unspecified atom stereocenters. The third kappa shape index (κ3) is 4.23. The molecule has 29 heavy (non-hydrogen) atoms. The Morgan fingerprint density at radius 1 is 1.21 bits per heavy atom. The van der Waals surface area contributed by atoms with E-state index in [0.717, 1.165) is 48.3 Å². The highest BCUT2D eigenvalue weighted by Crippen LogP contribution is 2.38. The van der Waals surface area contributed by atoms with Crippen LogP contribution >= 0.6 is 11.3 Å². The van der Waals surface area contributed by atoms with Crippen LogP contribution in [0.25, 0.3) is 0 Å². The van der Waals surface area contributed by atoms with Crippen LogP contribution in [-0.2, 0) is 28.9 Å². The highest BCUT2D eigenvalue weighted by molar-refractivity contribution is 7.17. The average Bonchev–Trinajstić information content (AvgIpc) is 3.30. The van der Waals surface area contributed by atoms with Gasteiger partial charge in [0.05, 0.1) is 19.2 Å². The number of methoxy groups -OCH3 is 1. The van der Waals surface area contributed by atoms with Crippen molar-refractivity contribution in [2.75, 3.05) is 32.8 Å². The zero-order valence-corrected chi connectivity index (χ0v) is 17.4. The Bertz CT molecular complexity index is 939. The van der Waals surface area contributed by atoms with Crippen molar-refractivity contribution in [1.82, 2.24) is 4.90 Å². The number of hydrogen-bond acceptors (Lipinski definition) is 7. The highest BCUT2D eigenvalue weighted by Gasteiger charge is 2.27. The molecule has 0 spiro atoms. The molecule has 1 aliphatic heterocycles. The lowest BCUT2D eigenvalue weighted by Crippen LogP contribution is -2.30.